The van der Waals surface area contributed by atoms with E-state index in [-0.39, 0.29) is 18.0 Å². The molecular weight excluding hydrogens is 312 g/mol. The Bertz CT molecular complexity index is 758. The molecule has 0 spiro atoms. The van der Waals surface area contributed by atoms with Gasteiger partial charge in [0.15, 0.2) is 11.9 Å². The summed E-state index contributed by atoms with van der Waals surface area (Å²) in [5.74, 6) is -0.649. The number of esters is 1. The number of H-pyrrole nitrogens is 1. The highest BCUT2D eigenvalue weighted by Gasteiger charge is 2.24. The van der Waals surface area contributed by atoms with Gasteiger partial charge in [-0.2, -0.15) is 0 Å². The van der Waals surface area contributed by atoms with Crippen molar-refractivity contribution in [2.75, 3.05) is 0 Å². The molecule has 1 atom stereocenters. The number of Topliss-reactive ketones (excluding diaryl/α,β-unsaturated/α-hetero) is 1. The highest BCUT2D eigenvalue weighted by Crippen LogP contribution is 2.19. The van der Waals surface area contributed by atoms with E-state index in [1.807, 2.05) is 0 Å². The van der Waals surface area contributed by atoms with Crippen LogP contribution < -0.4 is 5.32 Å². The minimum absolute atomic E-state index is 0.135. The number of hydrogen-bond donors (Lipinski definition) is 2. The Morgan fingerprint density at radius 2 is 2.04 bits per heavy atom. The van der Waals surface area contributed by atoms with Crippen molar-refractivity contribution in [3.63, 3.8) is 0 Å². The Morgan fingerprint density at radius 1 is 1.33 bits per heavy atom. The maximum Gasteiger partial charge on any atom is 0.355 e. The summed E-state index contributed by atoms with van der Waals surface area (Å²) in [4.78, 5) is 38.7. The number of ether oxygens (including phenoxy) is 1. The van der Waals surface area contributed by atoms with Gasteiger partial charge in [0.25, 0.3) is 5.91 Å². The summed E-state index contributed by atoms with van der Waals surface area (Å²) in [5, 5.41) is 2.62. The summed E-state index contributed by atoms with van der Waals surface area (Å²) in [6, 6.07) is 3.44. The average Bonchev–Trinajstić information content (AvgIpc) is 3.12. The van der Waals surface area contributed by atoms with Crippen molar-refractivity contribution >= 4 is 17.7 Å². The fraction of sp³-hybridized carbons (Fsp3) is 0.353. The second-order valence-electron chi connectivity index (χ2n) is 5.53. The number of rotatable bonds is 6. The van der Waals surface area contributed by atoms with Gasteiger partial charge < -0.3 is 19.5 Å². The number of aromatic nitrogens is 1. The number of nitrogens with one attached hydrogen (secondary N) is 2. The van der Waals surface area contributed by atoms with Crippen molar-refractivity contribution in [3.8, 4) is 0 Å². The van der Waals surface area contributed by atoms with E-state index in [0.29, 0.717) is 22.6 Å². The smallest absolute Gasteiger partial charge is 0.355 e. The van der Waals surface area contributed by atoms with Gasteiger partial charge in [0.05, 0.1) is 12.8 Å². The van der Waals surface area contributed by atoms with E-state index in [1.165, 1.54) is 20.1 Å². The molecule has 7 heteroatoms. The summed E-state index contributed by atoms with van der Waals surface area (Å²) in [5.41, 5.74) is 1.77. The van der Waals surface area contributed by atoms with E-state index in [9.17, 15) is 14.4 Å². The van der Waals surface area contributed by atoms with Crippen molar-refractivity contribution < 1.29 is 23.5 Å². The Kier molecular flexibility index (Phi) is 5.23. The highest BCUT2D eigenvalue weighted by molar-refractivity contribution is 6.01. The molecule has 0 fully saturated rings. The van der Waals surface area contributed by atoms with Crippen LogP contribution in [-0.4, -0.2) is 28.7 Å². The Hall–Kier alpha value is -2.83. The number of aryl methyl sites for hydroxylation is 1. The van der Waals surface area contributed by atoms with Crippen LogP contribution in [0.4, 0.5) is 0 Å². The van der Waals surface area contributed by atoms with Gasteiger partial charge in [-0.05, 0) is 45.4 Å². The number of carbonyl (C=O) groups excluding carboxylic acids is 3. The van der Waals surface area contributed by atoms with Crippen molar-refractivity contribution in [3.05, 3.63) is 46.7 Å². The molecule has 0 saturated heterocycles. The molecule has 24 heavy (non-hydrogen) atoms. The van der Waals surface area contributed by atoms with Gasteiger partial charge in [0, 0.05) is 11.3 Å². The lowest BCUT2D eigenvalue weighted by atomic mass is 10.1. The number of ketones is 1. The number of hydrogen-bond acceptors (Lipinski definition) is 5. The Labute approximate surface area is 139 Å². The molecule has 1 amide bonds. The van der Waals surface area contributed by atoms with Crippen LogP contribution in [0, 0.1) is 13.8 Å². The molecule has 2 N–H and O–H groups in total. The van der Waals surface area contributed by atoms with Crippen LogP contribution >= 0.6 is 0 Å². The Morgan fingerprint density at radius 3 is 2.58 bits per heavy atom. The van der Waals surface area contributed by atoms with E-state index in [2.05, 4.69) is 10.3 Å². The van der Waals surface area contributed by atoms with Crippen LogP contribution in [0.3, 0.4) is 0 Å². The third kappa shape index (κ3) is 3.73. The van der Waals surface area contributed by atoms with Crippen LogP contribution in [-0.2, 0) is 16.1 Å². The zero-order valence-corrected chi connectivity index (χ0v) is 14.1. The lowest BCUT2D eigenvalue weighted by molar-refractivity contribution is -0.129. The predicted molar refractivity (Wildman–Crippen MR) is 85.7 cm³/mol. The highest BCUT2D eigenvalue weighted by atomic mass is 16.5. The standard InChI is InChI=1S/C17H20N2O5/c1-9-14(11(3)20)10(2)19-15(9)17(22)24-12(4)16(21)18-8-13-6-5-7-23-13/h5-7,12,19H,8H2,1-4H3,(H,18,21). The number of carbonyl (C=O) groups is 3. The molecule has 0 saturated carbocycles. The maximum absolute atomic E-state index is 12.2. The fourth-order valence-corrected chi connectivity index (χ4v) is 2.49. The molecule has 0 aliphatic heterocycles. The molecule has 7 nitrogen and oxygen atoms in total. The van der Waals surface area contributed by atoms with Crippen LogP contribution in [0.5, 0.6) is 0 Å². The Balaban J connectivity index is 1.99. The average molecular weight is 332 g/mol. The molecular formula is C17H20N2O5. The molecule has 0 aliphatic rings. The van der Waals surface area contributed by atoms with Crippen LogP contribution in [0.1, 0.15) is 51.7 Å². The molecule has 0 radical (unpaired) electrons. The molecule has 2 aromatic heterocycles. The molecule has 0 bridgehead atoms. The molecule has 2 heterocycles. The van der Waals surface area contributed by atoms with E-state index in [0.717, 1.165) is 0 Å². The molecule has 128 valence electrons. The van der Waals surface area contributed by atoms with Crippen molar-refractivity contribution in [1.82, 2.24) is 10.3 Å². The topological polar surface area (TPSA) is 101 Å². The SMILES string of the molecule is CC(=O)c1c(C)[nH]c(C(=O)OC(C)C(=O)NCc2ccco2)c1C. The van der Waals surface area contributed by atoms with Gasteiger partial charge in [0.2, 0.25) is 0 Å². The van der Waals surface area contributed by atoms with Gasteiger partial charge in [-0.15, -0.1) is 0 Å². The third-order valence-electron chi connectivity index (χ3n) is 3.66. The van der Waals surface area contributed by atoms with Crippen molar-refractivity contribution in [1.29, 1.82) is 0 Å². The van der Waals surface area contributed by atoms with Gasteiger partial charge >= 0.3 is 5.97 Å². The van der Waals surface area contributed by atoms with Gasteiger partial charge in [-0.3, -0.25) is 9.59 Å². The molecule has 2 aromatic rings. The third-order valence-corrected chi connectivity index (χ3v) is 3.66. The minimum Gasteiger partial charge on any atom is -0.467 e. The summed E-state index contributed by atoms with van der Waals surface area (Å²) in [6.07, 6.45) is 0.532. The summed E-state index contributed by atoms with van der Waals surface area (Å²) < 4.78 is 10.3. The zero-order valence-electron chi connectivity index (χ0n) is 14.1. The van der Waals surface area contributed by atoms with Gasteiger partial charge in [0.1, 0.15) is 11.5 Å². The first-order valence-corrected chi connectivity index (χ1v) is 7.52. The number of amides is 1. The summed E-state index contributed by atoms with van der Waals surface area (Å²) in [7, 11) is 0. The van der Waals surface area contributed by atoms with Crippen LogP contribution in [0.15, 0.2) is 22.8 Å². The quantitative estimate of drug-likeness (QED) is 0.624. The van der Waals surface area contributed by atoms with Crippen LogP contribution in [0.25, 0.3) is 0 Å². The number of aromatic amines is 1. The fourth-order valence-electron chi connectivity index (χ4n) is 2.49. The zero-order chi connectivity index (χ0) is 17.9. The van der Waals surface area contributed by atoms with Gasteiger partial charge in [-0.25, -0.2) is 4.79 Å². The first kappa shape index (κ1) is 17.5. The van der Waals surface area contributed by atoms with E-state index >= 15 is 0 Å². The van der Waals surface area contributed by atoms with E-state index in [1.54, 1.807) is 26.0 Å². The first-order chi connectivity index (χ1) is 11.3. The van der Waals surface area contributed by atoms with Crippen molar-refractivity contribution in [2.24, 2.45) is 0 Å². The summed E-state index contributed by atoms with van der Waals surface area (Å²) >= 11 is 0. The van der Waals surface area contributed by atoms with Gasteiger partial charge in [-0.1, -0.05) is 0 Å². The molecule has 0 aromatic carbocycles. The van der Waals surface area contributed by atoms with Crippen molar-refractivity contribution in [2.45, 2.75) is 40.3 Å². The maximum atomic E-state index is 12.2. The second kappa shape index (κ2) is 7.16. The lowest BCUT2D eigenvalue weighted by Gasteiger charge is -2.12. The molecule has 0 aliphatic carbocycles. The minimum atomic E-state index is -0.976. The molecule has 2 rings (SSSR count). The van der Waals surface area contributed by atoms with E-state index < -0.39 is 18.0 Å². The first-order valence-electron chi connectivity index (χ1n) is 7.52. The largest absolute Gasteiger partial charge is 0.467 e. The second-order valence-corrected chi connectivity index (χ2v) is 5.53. The normalized spacial score (nSPS) is 11.8. The number of furan rings is 1. The predicted octanol–water partition coefficient (Wildman–Crippen LogP) is 2.29. The monoisotopic (exact) mass is 332 g/mol. The van der Waals surface area contributed by atoms with E-state index in [4.69, 9.17) is 9.15 Å². The molecule has 1 unspecified atom stereocenters. The van der Waals surface area contributed by atoms with Crippen LogP contribution in [0.2, 0.25) is 0 Å². The lowest BCUT2D eigenvalue weighted by Crippen LogP contribution is -2.35. The summed E-state index contributed by atoms with van der Waals surface area (Å²) in [6.45, 7) is 6.50.